The number of benzene rings is 2. The molecule has 1 amide bonds. The molecule has 8 nitrogen and oxygen atoms in total. The van der Waals surface area contributed by atoms with Crippen molar-refractivity contribution in [2.45, 2.75) is 12.8 Å². The summed E-state index contributed by atoms with van der Waals surface area (Å²) in [6.07, 6.45) is 1.80. The SMILES string of the molecule is CC(C(=O)Nc1nn(C)c2ccc(-c3ccn4nc(N)nc4c3)cc12)c1ccc(F)cc1. The monoisotopic (exact) mass is 429 g/mol. The van der Waals surface area contributed by atoms with Crippen LogP contribution in [0, 0.1) is 5.82 Å². The molecule has 160 valence electrons. The number of fused-ring (bicyclic) bond motifs is 2. The number of nitrogen functional groups attached to an aromatic ring is 1. The average molecular weight is 429 g/mol. The van der Waals surface area contributed by atoms with Crippen LogP contribution in [-0.4, -0.2) is 30.3 Å². The van der Waals surface area contributed by atoms with Gasteiger partial charge in [0, 0.05) is 18.6 Å². The van der Waals surface area contributed by atoms with E-state index in [9.17, 15) is 9.18 Å². The molecule has 0 saturated carbocycles. The predicted molar refractivity (Wildman–Crippen MR) is 121 cm³/mol. The van der Waals surface area contributed by atoms with E-state index in [1.807, 2.05) is 37.4 Å². The van der Waals surface area contributed by atoms with Crippen LogP contribution in [-0.2, 0) is 11.8 Å². The van der Waals surface area contributed by atoms with Crippen LogP contribution in [0.5, 0.6) is 0 Å². The average Bonchev–Trinajstić information content (AvgIpc) is 3.31. The molecule has 9 heteroatoms. The number of carbonyl (C=O) groups is 1. The van der Waals surface area contributed by atoms with Gasteiger partial charge in [-0.15, -0.1) is 5.10 Å². The zero-order valence-corrected chi connectivity index (χ0v) is 17.5. The van der Waals surface area contributed by atoms with Crippen molar-refractivity contribution >= 4 is 34.2 Å². The first-order valence-corrected chi connectivity index (χ1v) is 10.0. The molecule has 5 rings (SSSR count). The van der Waals surface area contributed by atoms with Crippen LogP contribution in [0.15, 0.2) is 60.8 Å². The summed E-state index contributed by atoms with van der Waals surface area (Å²) in [5.41, 5.74) is 9.82. The summed E-state index contributed by atoms with van der Waals surface area (Å²) >= 11 is 0. The second-order valence-corrected chi connectivity index (χ2v) is 7.65. The molecule has 0 fully saturated rings. The van der Waals surface area contributed by atoms with Crippen molar-refractivity contribution in [2.24, 2.45) is 7.05 Å². The van der Waals surface area contributed by atoms with Crippen LogP contribution in [0.4, 0.5) is 16.2 Å². The number of nitrogens with one attached hydrogen (secondary N) is 1. The Kier molecular flexibility index (Phi) is 4.58. The van der Waals surface area contributed by atoms with Crippen molar-refractivity contribution in [2.75, 3.05) is 11.1 Å². The van der Waals surface area contributed by atoms with Gasteiger partial charge in [-0.2, -0.15) is 10.1 Å². The molecule has 0 radical (unpaired) electrons. The van der Waals surface area contributed by atoms with Crippen molar-refractivity contribution in [1.29, 1.82) is 0 Å². The second kappa shape index (κ2) is 7.45. The maximum Gasteiger partial charge on any atom is 0.240 e. The molecule has 3 heterocycles. The minimum atomic E-state index is -0.461. The zero-order chi connectivity index (χ0) is 22.4. The fourth-order valence-corrected chi connectivity index (χ4v) is 3.74. The molecule has 0 aliphatic carbocycles. The number of hydrogen-bond acceptors (Lipinski definition) is 5. The first-order valence-electron chi connectivity index (χ1n) is 10.0. The van der Waals surface area contributed by atoms with Crippen LogP contribution in [0.3, 0.4) is 0 Å². The Bertz CT molecular complexity index is 1470. The van der Waals surface area contributed by atoms with E-state index >= 15 is 0 Å². The van der Waals surface area contributed by atoms with Crippen molar-refractivity contribution in [3.63, 3.8) is 0 Å². The molecule has 3 aromatic heterocycles. The van der Waals surface area contributed by atoms with Crippen molar-refractivity contribution in [3.8, 4) is 11.1 Å². The molecule has 2 aromatic carbocycles. The van der Waals surface area contributed by atoms with Gasteiger partial charge in [0.1, 0.15) is 5.82 Å². The van der Waals surface area contributed by atoms with Gasteiger partial charge in [0.25, 0.3) is 0 Å². The van der Waals surface area contributed by atoms with E-state index in [-0.39, 0.29) is 17.7 Å². The summed E-state index contributed by atoms with van der Waals surface area (Å²) in [4.78, 5) is 17.1. The fraction of sp³-hybridized carbons (Fsp3) is 0.130. The minimum absolute atomic E-state index is 0.213. The Morgan fingerprint density at radius 2 is 1.81 bits per heavy atom. The van der Waals surface area contributed by atoms with Gasteiger partial charge in [-0.1, -0.05) is 18.2 Å². The van der Waals surface area contributed by atoms with E-state index in [2.05, 4.69) is 20.5 Å². The quantitative estimate of drug-likeness (QED) is 0.453. The lowest BCUT2D eigenvalue weighted by atomic mass is 10.0. The highest BCUT2D eigenvalue weighted by atomic mass is 19.1. The largest absolute Gasteiger partial charge is 0.366 e. The first-order chi connectivity index (χ1) is 15.4. The smallest absolute Gasteiger partial charge is 0.240 e. The Morgan fingerprint density at radius 1 is 1.06 bits per heavy atom. The van der Waals surface area contributed by atoms with Gasteiger partial charge in [-0.05, 0) is 60.0 Å². The van der Waals surface area contributed by atoms with Gasteiger partial charge in [0.05, 0.1) is 11.4 Å². The molecule has 0 spiro atoms. The molecule has 0 bridgehead atoms. The second-order valence-electron chi connectivity index (χ2n) is 7.65. The number of hydrogen-bond donors (Lipinski definition) is 2. The molecule has 0 saturated heterocycles. The summed E-state index contributed by atoms with van der Waals surface area (Å²) in [6.45, 7) is 1.78. The molecule has 0 aliphatic heterocycles. The third-order valence-corrected chi connectivity index (χ3v) is 5.54. The molecule has 32 heavy (non-hydrogen) atoms. The summed E-state index contributed by atoms with van der Waals surface area (Å²) in [6, 6.07) is 15.7. The van der Waals surface area contributed by atoms with E-state index in [1.165, 1.54) is 12.1 Å². The molecule has 1 atom stereocenters. The van der Waals surface area contributed by atoms with Crippen LogP contribution in [0.25, 0.3) is 27.7 Å². The van der Waals surface area contributed by atoms with E-state index in [0.29, 0.717) is 11.5 Å². The summed E-state index contributed by atoms with van der Waals surface area (Å²) < 4.78 is 16.5. The van der Waals surface area contributed by atoms with Gasteiger partial charge in [-0.3, -0.25) is 9.48 Å². The van der Waals surface area contributed by atoms with Gasteiger partial charge in [0.2, 0.25) is 11.9 Å². The number of nitrogens with two attached hydrogens (primary N) is 1. The Labute approximate surface area is 182 Å². The lowest BCUT2D eigenvalue weighted by molar-refractivity contribution is -0.117. The Hall–Kier alpha value is -4.27. The van der Waals surface area contributed by atoms with Gasteiger partial charge in [0.15, 0.2) is 11.5 Å². The van der Waals surface area contributed by atoms with E-state index in [1.54, 1.807) is 34.5 Å². The van der Waals surface area contributed by atoms with Crippen LogP contribution >= 0.6 is 0 Å². The normalized spacial score (nSPS) is 12.3. The van der Waals surface area contributed by atoms with Crippen LogP contribution < -0.4 is 11.1 Å². The first kappa shape index (κ1) is 19.7. The number of anilines is 2. The number of halogens is 1. The Morgan fingerprint density at radius 3 is 2.59 bits per heavy atom. The number of aromatic nitrogens is 5. The molecule has 3 N–H and O–H groups in total. The van der Waals surface area contributed by atoms with E-state index in [0.717, 1.165) is 27.6 Å². The molecular formula is C23H20FN7O. The number of carbonyl (C=O) groups excluding carboxylic acids is 1. The van der Waals surface area contributed by atoms with Gasteiger partial charge in [-0.25, -0.2) is 8.91 Å². The fourth-order valence-electron chi connectivity index (χ4n) is 3.74. The Balaban J connectivity index is 1.49. The molecule has 5 aromatic rings. The minimum Gasteiger partial charge on any atom is -0.366 e. The summed E-state index contributed by atoms with van der Waals surface area (Å²) in [5, 5.41) is 12.3. The van der Waals surface area contributed by atoms with Crippen molar-refractivity contribution < 1.29 is 9.18 Å². The lowest BCUT2D eigenvalue weighted by Crippen LogP contribution is -2.19. The highest BCUT2D eigenvalue weighted by Crippen LogP contribution is 2.30. The number of pyridine rings is 1. The predicted octanol–water partition coefficient (Wildman–Crippen LogP) is 3.75. The third kappa shape index (κ3) is 3.43. The third-order valence-electron chi connectivity index (χ3n) is 5.54. The van der Waals surface area contributed by atoms with Crippen LogP contribution in [0.2, 0.25) is 0 Å². The zero-order valence-electron chi connectivity index (χ0n) is 17.5. The van der Waals surface area contributed by atoms with Gasteiger partial charge < -0.3 is 11.1 Å². The molecule has 0 aliphatic rings. The summed E-state index contributed by atoms with van der Waals surface area (Å²) in [5.74, 6) is -0.336. The summed E-state index contributed by atoms with van der Waals surface area (Å²) in [7, 11) is 1.83. The van der Waals surface area contributed by atoms with Crippen molar-refractivity contribution in [1.82, 2.24) is 24.4 Å². The van der Waals surface area contributed by atoms with Gasteiger partial charge >= 0.3 is 0 Å². The maximum absolute atomic E-state index is 13.2. The lowest BCUT2D eigenvalue weighted by Gasteiger charge is -2.11. The highest BCUT2D eigenvalue weighted by molar-refractivity contribution is 6.03. The molecular weight excluding hydrogens is 409 g/mol. The number of aryl methyl sites for hydroxylation is 1. The van der Waals surface area contributed by atoms with Crippen molar-refractivity contribution in [3.05, 3.63) is 72.2 Å². The topological polar surface area (TPSA) is 103 Å². The highest BCUT2D eigenvalue weighted by Gasteiger charge is 2.19. The standard InChI is InChI=1S/C23H20FN7O/c1-13(14-3-6-17(24)7-4-14)22(32)27-21-18-11-15(5-8-19(18)30(2)28-21)16-9-10-31-20(12-16)26-23(25)29-31/h3-13H,1-2H3,(H2,25,29)(H,27,28,32). The number of nitrogens with zero attached hydrogens (tertiary/aromatic N) is 5. The number of rotatable bonds is 4. The van der Waals surface area contributed by atoms with E-state index < -0.39 is 5.92 Å². The maximum atomic E-state index is 13.2. The van der Waals surface area contributed by atoms with E-state index in [4.69, 9.17) is 5.73 Å². The number of amides is 1. The van der Waals surface area contributed by atoms with Crippen LogP contribution in [0.1, 0.15) is 18.4 Å². The molecule has 1 unspecified atom stereocenters.